The van der Waals surface area contributed by atoms with E-state index in [0.29, 0.717) is 0 Å². The van der Waals surface area contributed by atoms with Crippen LogP contribution in [0.25, 0.3) is 0 Å². The van der Waals surface area contributed by atoms with Crippen LogP contribution >= 0.6 is 0 Å². The van der Waals surface area contributed by atoms with Crippen LogP contribution in [0.15, 0.2) is 12.2 Å². The van der Waals surface area contributed by atoms with Crippen molar-refractivity contribution in [3.63, 3.8) is 0 Å². The summed E-state index contributed by atoms with van der Waals surface area (Å²) in [6, 6.07) is 0. The molecule has 8 heavy (non-hydrogen) atoms. The van der Waals surface area contributed by atoms with Crippen LogP contribution in [0.3, 0.4) is 0 Å². The monoisotopic (exact) mass is 112 g/mol. The van der Waals surface area contributed by atoms with Gasteiger partial charge in [0.25, 0.3) is 0 Å². The molecule has 0 N–H and O–H groups in total. The average Bonchev–Trinajstić information content (AvgIpc) is 1.67. The summed E-state index contributed by atoms with van der Waals surface area (Å²) >= 11 is 0. The maximum absolute atomic E-state index is 10.5. The van der Waals surface area contributed by atoms with Gasteiger partial charge in [-0.15, -0.1) is 0 Å². The zero-order valence-electron chi connectivity index (χ0n) is 5.64. The number of carbonyl (C=O) groups is 1. The number of ketones is 1. The van der Waals surface area contributed by atoms with Crippen LogP contribution in [0.5, 0.6) is 0 Å². The van der Waals surface area contributed by atoms with E-state index in [1.165, 1.54) is 0 Å². The maximum atomic E-state index is 10.5. The molecule has 0 fully saturated rings. The Morgan fingerprint density at radius 2 is 2.12 bits per heavy atom. The first-order valence-electron chi connectivity index (χ1n) is 2.81. The maximum Gasteiger partial charge on any atom is 0.136 e. The molecule has 1 atom stereocenters. The molecule has 0 saturated carbocycles. The highest BCUT2D eigenvalue weighted by atomic mass is 16.1. The number of hydrogen-bond donors (Lipinski definition) is 0. The fourth-order valence-corrected chi connectivity index (χ4v) is 0.424. The Bertz CT molecular complexity index is 103. The Balaban J connectivity index is 3.64. The molecule has 0 aliphatic carbocycles. The molecule has 46 valence electrons. The minimum atomic E-state index is 0.0972. The Kier molecular flexibility index (Phi) is 3.16. The van der Waals surface area contributed by atoms with Gasteiger partial charge < -0.3 is 0 Å². The number of hydrogen-bond acceptors (Lipinski definition) is 1. The number of Topliss-reactive ketones (excluding diaryl/α,β-unsaturated/α-hetero) is 1. The molecule has 0 heterocycles. The summed E-state index contributed by atoms with van der Waals surface area (Å²) in [7, 11) is 0. The Morgan fingerprint density at radius 1 is 1.62 bits per heavy atom. The predicted octanol–water partition coefficient (Wildman–Crippen LogP) is 1.79. The second-order valence-electron chi connectivity index (χ2n) is 1.93. The minimum Gasteiger partial charge on any atom is -0.299 e. The van der Waals surface area contributed by atoms with Crippen LogP contribution in [0.2, 0.25) is 0 Å². The molecule has 0 radical (unpaired) electrons. The fraction of sp³-hybridized carbons (Fsp3) is 0.571. The van der Waals surface area contributed by atoms with Crippen molar-refractivity contribution < 1.29 is 4.79 Å². The van der Waals surface area contributed by atoms with Gasteiger partial charge in [0.2, 0.25) is 0 Å². The topological polar surface area (TPSA) is 17.1 Å². The number of allylic oxidation sites excluding steroid dienone is 2. The summed E-state index contributed by atoms with van der Waals surface area (Å²) in [4.78, 5) is 10.5. The Hall–Kier alpha value is -0.590. The lowest BCUT2D eigenvalue weighted by Gasteiger charge is -1.95. The molecule has 1 nitrogen and oxygen atoms in total. The van der Waals surface area contributed by atoms with Crippen molar-refractivity contribution in [3.8, 4) is 0 Å². The molecule has 0 spiro atoms. The molecular formula is C7H12O. The van der Waals surface area contributed by atoms with Crippen molar-refractivity contribution in [1.29, 1.82) is 0 Å². The molecule has 0 aromatic carbocycles. The smallest absolute Gasteiger partial charge is 0.136 e. The fourth-order valence-electron chi connectivity index (χ4n) is 0.424. The van der Waals surface area contributed by atoms with Gasteiger partial charge in [-0.3, -0.25) is 4.79 Å². The van der Waals surface area contributed by atoms with E-state index in [4.69, 9.17) is 0 Å². The normalized spacial score (nSPS) is 14.4. The summed E-state index contributed by atoms with van der Waals surface area (Å²) < 4.78 is 0. The van der Waals surface area contributed by atoms with Crippen molar-refractivity contribution in [2.45, 2.75) is 20.8 Å². The third-order valence-electron chi connectivity index (χ3n) is 1.12. The van der Waals surface area contributed by atoms with E-state index >= 15 is 0 Å². The summed E-state index contributed by atoms with van der Waals surface area (Å²) in [5, 5.41) is 0. The highest BCUT2D eigenvalue weighted by Gasteiger charge is 1.99. The van der Waals surface area contributed by atoms with E-state index in [1.54, 1.807) is 6.92 Å². The zero-order valence-corrected chi connectivity index (χ0v) is 5.64. The van der Waals surface area contributed by atoms with Crippen molar-refractivity contribution in [2.24, 2.45) is 5.92 Å². The minimum absolute atomic E-state index is 0.0972. The third-order valence-corrected chi connectivity index (χ3v) is 1.12. The molecule has 0 amide bonds. The third kappa shape index (κ3) is 2.56. The molecule has 0 saturated heterocycles. The van der Waals surface area contributed by atoms with E-state index in [-0.39, 0.29) is 11.7 Å². The van der Waals surface area contributed by atoms with E-state index in [2.05, 4.69) is 0 Å². The molecular weight excluding hydrogens is 100 g/mol. The van der Waals surface area contributed by atoms with Crippen LogP contribution in [0.1, 0.15) is 20.8 Å². The molecule has 0 bridgehead atoms. The second kappa shape index (κ2) is 3.42. The molecule has 1 unspecified atom stereocenters. The molecule has 0 aliphatic heterocycles. The van der Waals surface area contributed by atoms with Crippen LogP contribution < -0.4 is 0 Å². The number of rotatable bonds is 2. The SMILES string of the molecule is CC=CC(C)C(C)=O. The lowest BCUT2D eigenvalue weighted by Crippen LogP contribution is -2.01. The largest absolute Gasteiger partial charge is 0.299 e. The molecule has 0 aliphatic rings. The summed E-state index contributed by atoms with van der Waals surface area (Å²) in [6.45, 7) is 5.41. The first kappa shape index (κ1) is 7.41. The van der Waals surface area contributed by atoms with E-state index in [1.807, 2.05) is 26.0 Å². The van der Waals surface area contributed by atoms with E-state index in [0.717, 1.165) is 0 Å². The molecule has 0 aromatic rings. The van der Waals surface area contributed by atoms with Gasteiger partial charge in [-0.2, -0.15) is 0 Å². The molecule has 1 heteroatoms. The van der Waals surface area contributed by atoms with Gasteiger partial charge >= 0.3 is 0 Å². The lowest BCUT2D eigenvalue weighted by molar-refractivity contribution is -0.118. The summed E-state index contributed by atoms with van der Waals surface area (Å²) in [5.74, 6) is 0.322. The van der Waals surface area contributed by atoms with Gasteiger partial charge in [0.05, 0.1) is 0 Å². The summed E-state index contributed by atoms with van der Waals surface area (Å²) in [5.41, 5.74) is 0. The number of carbonyl (C=O) groups excluding carboxylic acids is 1. The molecule has 0 rings (SSSR count). The quantitative estimate of drug-likeness (QED) is 0.498. The van der Waals surface area contributed by atoms with Crippen molar-refractivity contribution in [2.75, 3.05) is 0 Å². The Morgan fingerprint density at radius 3 is 2.25 bits per heavy atom. The van der Waals surface area contributed by atoms with E-state index < -0.39 is 0 Å². The predicted molar refractivity (Wildman–Crippen MR) is 34.7 cm³/mol. The van der Waals surface area contributed by atoms with Gasteiger partial charge in [-0.05, 0) is 13.8 Å². The summed E-state index contributed by atoms with van der Waals surface area (Å²) in [6.07, 6.45) is 3.79. The first-order chi connectivity index (χ1) is 3.68. The highest BCUT2D eigenvalue weighted by Crippen LogP contribution is 1.96. The lowest BCUT2D eigenvalue weighted by atomic mass is 10.1. The average molecular weight is 112 g/mol. The van der Waals surface area contributed by atoms with Gasteiger partial charge in [0.1, 0.15) is 5.78 Å². The highest BCUT2D eigenvalue weighted by molar-refractivity contribution is 5.79. The van der Waals surface area contributed by atoms with Crippen LogP contribution in [-0.2, 0) is 4.79 Å². The van der Waals surface area contributed by atoms with Crippen molar-refractivity contribution in [1.82, 2.24) is 0 Å². The van der Waals surface area contributed by atoms with Gasteiger partial charge in [-0.1, -0.05) is 19.1 Å². The van der Waals surface area contributed by atoms with Crippen LogP contribution in [0, 0.1) is 5.92 Å². The first-order valence-corrected chi connectivity index (χ1v) is 2.81. The Labute approximate surface area is 50.4 Å². The van der Waals surface area contributed by atoms with Crippen molar-refractivity contribution >= 4 is 5.78 Å². The van der Waals surface area contributed by atoms with Gasteiger partial charge in [0.15, 0.2) is 0 Å². The molecule has 0 aromatic heterocycles. The van der Waals surface area contributed by atoms with Crippen LogP contribution in [-0.4, -0.2) is 5.78 Å². The zero-order chi connectivity index (χ0) is 6.57. The standard InChI is InChI=1S/C7H12O/c1-4-5-6(2)7(3)8/h4-6H,1-3H3. The van der Waals surface area contributed by atoms with Crippen LogP contribution in [0.4, 0.5) is 0 Å². The second-order valence-corrected chi connectivity index (χ2v) is 1.93. The van der Waals surface area contributed by atoms with Crippen molar-refractivity contribution in [3.05, 3.63) is 12.2 Å². The van der Waals surface area contributed by atoms with Gasteiger partial charge in [0, 0.05) is 5.92 Å². The van der Waals surface area contributed by atoms with Gasteiger partial charge in [-0.25, -0.2) is 0 Å². The van der Waals surface area contributed by atoms with E-state index in [9.17, 15) is 4.79 Å².